The van der Waals surface area contributed by atoms with E-state index in [0.717, 1.165) is 32.7 Å². The number of thiophene rings is 1. The maximum atomic E-state index is 16.1. The van der Waals surface area contributed by atoms with Gasteiger partial charge in [0.2, 0.25) is 5.43 Å². The number of amides is 1. The van der Waals surface area contributed by atoms with Gasteiger partial charge in [-0.25, -0.2) is 4.39 Å². The first kappa shape index (κ1) is 27.6. The molecule has 3 aliphatic rings. The van der Waals surface area contributed by atoms with Crippen LogP contribution in [0.1, 0.15) is 33.2 Å². The van der Waals surface area contributed by atoms with Crippen LogP contribution in [0.3, 0.4) is 0 Å². The maximum absolute atomic E-state index is 16.1. The van der Waals surface area contributed by atoms with Gasteiger partial charge in [-0.05, 0) is 28.3 Å². The molecule has 2 atom stereocenters. The fraction of sp³-hybridized carbons (Fsp3) is 0.200. The lowest BCUT2D eigenvalue weighted by Gasteiger charge is -2.51. The first-order valence-corrected chi connectivity index (χ1v) is 15.5. The van der Waals surface area contributed by atoms with Gasteiger partial charge in [0.15, 0.2) is 16.5 Å². The minimum Gasteiger partial charge on any atom is -0.487 e. The summed E-state index contributed by atoms with van der Waals surface area (Å²) in [5, 5.41) is 2.72. The number of hydrogen-bond donors (Lipinski definition) is 0. The van der Waals surface area contributed by atoms with E-state index < -0.39 is 12.2 Å². The van der Waals surface area contributed by atoms with Crippen molar-refractivity contribution < 1.29 is 23.4 Å². The molecule has 1 amide bonds. The molecule has 0 radical (unpaired) electrons. The minimum atomic E-state index is -0.567. The van der Waals surface area contributed by atoms with Gasteiger partial charge in [-0.1, -0.05) is 78.1 Å². The molecule has 1 unspecified atom stereocenters. The van der Waals surface area contributed by atoms with Crippen LogP contribution in [0.25, 0.3) is 21.6 Å². The number of rotatable bonds is 5. The standard InChI is InChI=1S/C35H28FN3O5S/c1-42-29-18-25-30-24(12-7-13-26(30)36)31(22-10-5-6-11-23(22)34(25)45-29)39-28-20-43-17-16-37(28)35(41)32-33(27(40)14-15-38(32)39)44-19-21-8-3-2-4-9-21/h2-15,18,28,31H,16-17,19-20H2,1H3/t28-,31?/m1/s1. The summed E-state index contributed by atoms with van der Waals surface area (Å²) in [5.74, 6) is -0.694. The average molecular weight is 622 g/mol. The quantitative estimate of drug-likeness (QED) is 0.246. The summed E-state index contributed by atoms with van der Waals surface area (Å²) in [4.78, 5) is 30.2. The summed E-state index contributed by atoms with van der Waals surface area (Å²) in [6.07, 6.45) is 1.07. The zero-order valence-corrected chi connectivity index (χ0v) is 25.1. The number of hydrogen-bond acceptors (Lipinski definition) is 7. The zero-order chi connectivity index (χ0) is 30.7. The van der Waals surface area contributed by atoms with Crippen LogP contribution in [0.4, 0.5) is 4.39 Å². The second-order valence-electron chi connectivity index (χ2n) is 11.1. The summed E-state index contributed by atoms with van der Waals surface area (Å²) in [6, 6.07) is 25.3. The van der Waals surface area contributed by atoms with E-state index in [1.165, 1.54) is 23.5 Å². The fourth-order valence-electron chi connectivity index (χ4n) is 6.69. The van der Waals surface area contributed by atoms with Crippen molar-refractivity contribution in [2.24, 2.45) is 0 Å². The van der Waals surface area contributed by atoms with Gasteiger partial charge in [0, 0.05) is 40.9 Å². The van der Waals surface area contributed by atoms with E-state index in [-0.39, 0.29) is 41.8 Å². The highest BCUT2D eigenvalue weighted by Gasteiger charge is 2.46. The van der Waals surface area contributed by atoms with E-state index in [1.54, 1.807) is 28.9 Å². The molecule has 8 rings (SSSR count). The monoisotopic (exact) mass is 621 g/mol. The maximum Gasteiger partial charge on any atom is 0.278 e. The molecule has 0 bridgehead atoms. The number of nitrogens with zero attached hydrogens (tertiary/aromatic N) is 3. The Morgan fingerprint density at radius 3 is 2.60 bits per heavy atom. The van der Waals surface area contributed by atoms with E-state index in [9.17, 15) is 9.59 Å². The van der Waals surface area contributed by atoms with Gasteiger partial charge >= 0.3 is 0 Å². The summed E-state index contributed by atoms with van der Waals surface area (Å²) in [5.41, 5.74) is 4.40. The fourth-order valence-corrected chi connectivity index (χ4v) is 7.72. The number of aromatic nitrogens is 1. The Labute approximate surface area is 262 Å². The third kappa shape index (κ3) is 4.35. The van der Waals surface area contributed by atoms with Crippen LogP contribution < -0.4 is 19.9 Å². The molecule has 0 N–H and O–H groups in total. The van der Waals surface area contributed by atoms with Crippen LogP contribution in [0, 0.1) is 5.82 Å². The normalized spacial score (nSPS) is 18.2. The molecular formula is C35H28FN3O5S. The number of halogens is 1. The molecule has 0 spiro atoms. The van der Waals surface area contributed by atoms with E-state index in [0.29, 0.717) is 23.8 Å². The second kappa shape index (κ2) is 10.9. The van der Waals surface area contributed by atoms with Gasteiger partial charge in [-0.3, -0.25) is 19.3 Å². The summed E-state index contributed by atoms with van der Waals surface area (Å²) < 4.78 is 35.5. The lowest BCUT2D eigenvalue weighted by molar-refractivity contribution is -0.0197. The molecule has 0 saturated carbocycles. The van der Waals surface area contributed by atoms with Crippen LogP contribution in [0.5, 0.6) is 10.8 Å². The van der Waals surface area contributed by atoms with Crippen molar-refractivity contribution in [3.05, 3.63) is 130 Å². The van der Waals surface area contributed by atoms with Gasteiger partial charge in [0.05, 0.1) is 26.4 Å². The largest absolute Gasteiger partial charge is 0.487 e. The molecule has 45 heavy (non-hydrogen) atoms. The molecule has 3 aromatic carbocycles. The Hall–Kier alpha value is -4.93. The van der Waals surface area contributed by atoms with Crippen molar-refractivity contribution in [1.82, 2.24) is 9.58 Å². The third-order valence-corrected chi connectivity index (χ3v) is 9.80. The Morgan fingerprint density at radius 2 is 1.76 bits per heavy atom. The number of ether oxygens (including phenoxy) is 3. The van der Waals surface area contributed by atoms with Crippen molar-refractivity contribution in [3.63, 3.8) is 0 Å². The van der Waals surface area contributed by atoms with Crippen LogP contribution in [0.2, 0.25) is 0 Å². The Bertz CT molecular complexity index is 2010. The summed E-state index contributed by atoms with van der Waals surface area (Å²) in [7, 11) is 1.61. The van der Waals surface area contributed by atoms with Crippen LogP contribution in [-0.2, 0) is 11.3 Å². The molecule has 1 fully saturated rings. The third-order valence-electron chi connectivity index (χ3n) is 8.67. The number of fused-ring (bicyclic) bond motifs is 7. The van der Waals surface area contributed by atoms with Gasteiger partial charge in [0.25, 0.3) is 5.91 Å². The Balaban J connectivity index is 1.38. The predicted molar refractivity (Wildman–Crippen MR) is 169 cm³/mol. The minimum absolute atomic E-state index is 0.0217. The molecule has 2 aromatic heterocycles. The first-order chi connectivity index (χ1) is 22.0. The van der Waals surface area contributed by atoms with Crippen molar-refractivity contribution >= 4 is 17.2 Å². The van der Waals surface area contributed by atoms with Gasteiger partial charge in [-0.2, -0.15) is 0 Å². The number of pyridine rings is 1. The number of morpholine rings is 1. The molecular weight excluding hydrogens is 593 g/mol. The zero-order valence-electron chi connectivity index (χ0n) is 24.3. The highest BCUT2D eigenvalue weighted by atomic mass is 32.1. The van der Waals surface area contributed by atoms with E-state index in [4.69, 9.17) is 14.2 Å². The summed E-state index contributed by atoms with van der Waals surface area (Å²) >= 11 is 1.47. The number of benzene rings is 3. The molecule has 1 aliphatic carbocycles. The van der Waals surface area contributed by atoms with E-state index in [1.807, 2.05) is 71.7 Å². The molecule has 2 aliphatic heterocycles. The molecule has 4 heterocycles. The smallest absolute Gasteiger partial charge is 0.278 e. The average Bonchev–Trinajstić information content (AvgIpc) is 3.46. The number of carbonyl (C=O) groups is 1. The van der Waals surface area contributed by atoms with Crippen molar-refractivity contribution in [2.75, 3.05) is 31.9 Å². The van der Waals surface area contributed by atoms with Gasteiger partial charge in [0.1, 0.15) is 18.6 Å². The van der Waals surface area contributed by atoms with E-state index in [2.05, 4.69) is 0 Å². The van der Waals surface area contributed by atoms with Crippen molar-refractivity contribution in [2.45, 2.75) is 18.8 Å². The molecule has 5 aromatic rings. The first-order valence-electron chi connectivity index (χ1n) is 14.7. The predicted octanol–water partition coefficient (Wildman–Crippen LogP) is 5.82. The molecule has 8 nitrogen and oxygen atoms in total. The molecule has 10 heteroatoms. The second-order valence-corrected chi connectivity index (χ2v) is 12.1. The van der Waals surface area contributed by atoms with Crippen LogP contribution >= 0.6 is 11.3 Å². The number of carbonyl (C=O) groups excluding carboxylic acids is 1. The highest BCUT2D eigenvalue weighted by Crippen LogP contribution is 2.53. The van der Waals surface area contributed by atoms with E-state index >= 15 is 4.39 Å². The van der Waals surface area contributed by atoms with Crippen LogP contribution in [0.15, 0.2) is 95.9 Å². The van der Waals surface area contributed by atoms with Crippen molar-refractivity contribution in [1.29, 1.82) is 0 Å². The molecule has 1 saturated heterocycles. The van der Waals surface area contributed by atoms with Gasteiger partial charge in [-0.15, -0.1) is 0 Å². The topological polar surface area (TPSA) is 73.2 Å². The highest BCUT2D eigenvalue weighted by molar-refractivity contribution is 7.18. The SMILES string of the molecule is COc1cc2c(s1)-c1ccccc1C(N1[C@@H]3COCCN3C(=O)c3c(OCc4ccccc4)c(=O)ccn31)c1cccc(F)c1-2. The lowest BCUT2D eigenvalue weighted by atomic mass is 9.92. The summed E-state index contributed by atoms with van der Waals surface area (Å²) in [6.45, 7) is 1.04. The van der Waals surface area contributed by atoms with Crippen molar-refractivity contribution in [3.8, 4) is 32.4 Å². The lowest BCUT2D eigenvalue weighted by Crippen LogP contribution is -2.66. The van der Waals surface area contributed by atoms with Crippen LogP contribution in [-0.4, -0.2) is 48.5 Å². The number of methoxy groups -OCH3 is 1. The van der Waals surface area contributed by atoms with Gasteiger partial charge < -0.3 is 19.1 Å². The Morgan fingerprint density at radius 1 is 0.956 bits per heavy atom. The Kier molecular flexibility index (Phi) is 6.69. The molecule has 226 valence electrons.